The van der Waals surface area contributed by atoms with E-state index in [1.54, 1.807) is 6.92 Å². The fraction of sp³-hybridized carbons (Fsp3) is 0.231. The fourth-order valence-corrected chi connectivity index (χ4v) is 1.71. The summed E-state index contributed by atoms with van der Waals surface area (Å²) in [5, 5.41) is 15.1. The van der Waals surface area contributed by atoms with Gasteiger partial charge < -0.3 is 14.9 Å². The maximum absolute atomic E-state index is 13.2. The first-order chi connectivity index (χ1) is 9.92. The van der Waals surface area contributed by atoms with Gasteiger partial charge in [-0.15, -0.1) is 0 Å². The van der Waals surface area contributed by atoms with Crippen molar-refractivity contribution in [2.24, 2.45) is 0 Å². The quantitative estimate of drug-likeness (QED) is 0.845. The number of hydrogen-bond donors (Lipinski definition) is 2. The van der Waals surface area contributed by atoms with Gasteiger partial charge in [-0.25, -0.2) is 13.2 Å². The van der Waals surface area contributed by atoms with E-state index in [4.69, 9.17) is 4.52 Å². The predicted octanol–water partition coefficient (Wildman–Crippen LogP) is 1.86. The molecule has 21 heavy (non-hydrogen) atoms. The van der Waals surface area contributed by atoms with Crippen LogP contribution in [0.15, 0.2) is 22.7 Å². The first-order valence-electron chi connectivity index (χ1n) is 5.92. The zero-order valence-corrected chi connectivity index (χ0v) is 10.9. The van der Waals surface area contributed by atoms with Crippen LogP contribution in [0.2, 0.25) is 0 Å². The first kappa shape index (κ1) is 15.0. The van der Waals surface area contributed by atoms with Gasteiger partial charge in [0.05, 0.1) is 18.3 Å². The van der Waals surface area contributed by atoms with Gasteiger partial charge in [-0.3, -0.25) is 4.79 Å². The Balaban J connectivity index is 2.22. The summed E-state index contributed by atoms with van der Waals surface area (Å²) in [6.45, 7) is 0.970. The molecule has 1 amide bonds. The van der Waals surface area contributed by atoms with E-state index in [1.807, 2.05) is 0 Å². The number of nitrogens with one attached hydrogen (secondary N) is 1. The molecule has 2 rings (SSSR count). The molecule has 0 aliphatic heterocycles. The molecule has 0 spiro atoms. The lowest BCUT2D eigenvalue weighted by atomic mass is 10.1. The van der Waals surface area contributed by atoms with Crippen LogP contribution in [0, 0.1) is 24.4 Å². The molecule has 2 N–H and O–H groups in total. The Labute approximate surface area is 117 Å². The lowest BCUT2D eigenvalue weighted by Gasteiger charge is -2.16. The van der Waals surface area contributed by atoms with Crippen molar-refractivity contribution in [1.29, 1.82) is 0 Å². The van der Waals surface area contributed by atoms with E-state index in [2.05, 4.69) is 10.5 Å². The summed E-state index contributed by atoms with van der Waals surface area (Å²) in [5.74, 6) is -5.28. The van der Waals surface area contributed by atoms with Crippen molar-refractivity contribution in [2.45, 2.75) is 13.0 Å². The number of aromatic nitrogens is 1. The number of aryl methyl sites for hydroxylation is 1. The van der Waals surface area contributed by atoms with Crippen molar-refractivity contribution < 1.29 is 27.6 Å². The van der Waals surface area contributed by atoms with Crippen LogP contribution in [0.3, 0.4) is 0 Å². The van der Waals surface area contributed by atoms with Crippen molar-refractivity contribution in [3.63, 3.8) is 0 Å². The second-order valence-corrected chi connectivity index (χ2v) is 4.34. The molecule has 0 bridgehead atoms. The Morgan fingerprint density at radius 3 is 2.43 bits per heavy atom. The number of nitrogens with zero attached hydrogens (tertiary/aromatic N) is 1. The van der Waals surface area contributed by atoms with Crippen molar-refractivity contribution in [1.82, 2.24) is 10.5 Å². The summed E-state index contributed by atoms with van der Waals surface area (Å²) in [6.07, 6.45) is 0. The van der Waals surface area contributed by atoms with Gasteiger partial charge >= 0.3 is 0 Å². The molecule has 1 atom stereocenters. The van der Waals surface area contributed by atoms with Crippen LogP contribution in [0.25, 0.3) is 0 Å². The number of rotatable bonds is 4. The molecule has 8 heteroatoms. The number of halogens is 3. The number of carbonyl (C=O) groups is 1. The summed E-state index contributed by atoms with van der Waals surface area (Å²) in [5.41, 5.74) is 0.359. The van der Waals surface area contributed by atoms with Crippen LogP contribution >= 0.6 is 0 Å². The molecule has 0 fully saturated rings. The average molecular weight is 300 g/mol. The van der Waals surface area contributed by atoms with E-state index in [1.165, 1.54) is 6.07 Å². The molecule has 0 saturated heterocycles. The van der Waals surface area contributed by atoms with E-state index in [0.29, 0.717) is 17.8 Å². The lowest BCUT2D eigenvalue weighted by Crippen LogP contribution is -2.30. The van der Waals surface area contributed by atoms with Crippen LogP contribution in [-0.2, 0) is 0 Å². The molecular formula is C13H11F3N2O3. The molecular weight excluding hydrogens is 289 g/mol. The molecule has 1 unspecified atom stereocenters. The van der Waals surface area contributed by atoms with E-state index >= 15 is 0 Å². The molecule has 1 aromatic heterocycles. The maximum atomic E-state index is 13.2. The second-order valence-electron chi connectivity index (χ2n) is 4.34. The summed E-state index contributed by atoms with van der Waals surface area (Å²) in [7, 11) is 0. The Hall–Kier alpha value is -2.35. The highest BCUT2D eigenvalue weighted by Gasteiger charge is 2.21. The topological polar surface area (TPSA) is 75.4 Å². The van der Waals surface area contributed by atoms with E-state index in [0.717, 1.165) is 0 Å². The molecule has 0 saturated carbocycles. The Morgan fingerprint density at radius 1 is 1.33 bits per heavy atom. The van der Waals surface area contributed by atoms with Gasteiger partial charge in [0.25, 0.3) is 5.91 Å². The number of carbonyl (C=O) groups excluding carboxylic acids is 1. The highest BCUT2D eigenvalue weighted by molar-refractivity contribution is 5.91. The molecule has 0 radical (unpaired) electrons. The zero-order chi connectivity index (χ0) is 15.6. The standard InChI is InChI=1S/C13H11F3N2O3/c1-6-2-11(21-18-6)13(20)17-10(5-19)7-3-8(14)12(16)9(15)4-7/h2-4,10,19H,5H2,1H3,(H,17,20). The van der Waals surface area contributed by atoms with Crippen LogP contribution in [-0.4, -0.2) is 22.8 Å². The molecule has 112 valence electrons. The summed E-state index contributed by atoms with van der Waals surface area (Å²) in [6, 6.07) is 1.64. The van der Waals surface area contributed by atoms with Crippen molar-refractivity contribution in [2.75, 3.05) is 6.61 Å². The SMILES string of the molecule is Cc1cc(C(=O)NC(CO)c2cc(F)c(F)c(F)c2)on1. The summed E-state index contributed by atoms with van der Waals surface area (Å²) in [4.78, 5) is 11.8. The van der Waals surface area contributed by atoms with Gasteiger partial charge in [-0.1, -0.05) is 5.16 Å². The molecule has 2 aromatic rings. The fourth-order valence-electron chi connectivity index (χ4n) is 1.71. The normalized spacial score (nSPS) is 12.2. The predicted molar refractivity (Wildman–Crippen MR) is 64.8 cm³/mol. The molecule has 1 aromatic carbocycles. The number of aliphatic hydroxyl groups excluding tert-OH is 1. The zero-order valence-electron chi connectivity index (χ0n) is 10.9. The third-order valence-electron chi connectivity index (χ3n) is 2.75. The summed E-state index contributed by atoms with van der Waals surface area (Å²) < 4.78 is 43.9. The van der Waals surface area contributed by atoms with E-state index in [9.17, 15) is 23.1 Å². The van der Waals surface area contributed by atoms with Gasteiger partial charge in [0.1, 0.15) is 0 Å². The Bertz CT molecular complexity index is 649. The van der Waals surface area contributed by atoms with Gasteiger partial charge in [-0.05, 0) is 24.6 Å². The van der Waals surface area contributed by atoms with E-state index < -0.39 is 36.0 Å². The Kier molecular flexibility index (Phi) is 4.27. The van der Waals surface area contributed by atoms with Gasteiger partial charge in [-0.2, -0.15) is 0 Å². The highest BCUT2D eigenvalue weighted by Crippen LogP contribution is 2.19. The molecule has 5 nitrogen and oxygen atoms in total. The summed E-state index contributed by atoms with van der Waals surface area (Å²) >= 11 is 0. The number of amides is 1. The molecule has 0 aliphatic carbocycles. The van der Waals surface area contributed by atoms with Gasteiger partial charge in [0, 0.05) is 6.07 Å². The third-order valence-corrected chi connectivity index (χ3v) is 2.75. The maximum Gasteiger partial charge on any atom is 0.290 e. The van der Waals surface area contributed by atoms with E-state index in [-0.39, 0.29) is 11.3 Å². The molecule has 0 aliphatic rings. The molecule has 1 heterocycles. The van der Waals surface area contributed by atoms with Crippen molar-refractivity contribution in [3.8, 4) is 0 Å². The number of aliphatic hydroxyl groups is 1. The second kappa shape index (κ2) is 5.96. The van der Waals surface area contributed by atoms with Crippen LogP contribution in [0.1, 0.15) is 27.9 Å². The van der Waals surface area contributed by atoms with Crippen molar-refractivity contribution >= 4 is 5.91 Å². The number of benzene rings is 1. The van der Waals surface area contributed by atoms with Crippen LogP contribution < -0.4 is 5.32 Å². The first-order valence-corrected chi connectivity index (χ1v) is 5.92. The van der Waals surface area contributed by atoms with Crippen LogP contribution in [0.5, 0.6) is 0 Å². The lowest BCUT2D eigenvalue weighted by molar-refractivity contribution is 0.0878. The minimum atomic E-state index is -1.62. The average Bonchev–Trinajstić information content (AvgIpc) is 2.88. The third kappa shape index (κ3) is 3.22. The Morgan fingerprint density at radius 2 is 1.95 bits per heavy atom. The minimum Gasteiger partial charge on any atom is -0.394 e. The van der Waals surface area contributed by atoms with Crippen LogP contribution in [0.4, 0.5) is 13.2 Å². The highest BCUT2D eigenvalue weighted by atomic mass is 19.2. The van der Waals surface area contributed by atoms with Crippen molar-refractivity contribution in [3.05, 3.63) is 52.7 Å². The largest absolute Gasteiger partial charge is 0.394 e. The van der Waals surface area contributed by atoms with Gasteiger partial charge in [0.15, 0.2) is 17.5 Å². The monoisotopic (exact) mass is 300 g/mol. The number of hydrogen-bond acceptors (Lipinski definition) is 4. The van der Waals surface area contributed by atoms with Gasteiger partial charge in [0.2, 0.25) is 5.76 Å². The minimum absolute atomic E-state index is 0.113. The smallest absolute Gasteiger partial charge is 0.290 e.